The zero-order chi connectivity index (χ0) is 26.7. The van der Waals surface area contributed by atoms with Crippen LogP contribution >= 0.6 is 8.19 Å². The van der Waals surface area contributed by atoms with E-state index < -0.39 is 6.10 Å². The van der Waals surface area contributed by atoms with Gasteiger partial charge in [-0.1, -0.05) is 111 Å². The third-order valence-electron chi connectivity index (χ3n) is 7.18. The number of Topliss-reactive ketones (excluding diaryl/α,β-unsaturated/α-hetero) is 1. The van der Waals surface area contributed by atoms with E-state index in [4.69, 9.17) is 9.84 Å². The van der Waals surface area contributed by atoms with E-state index >= 15 is 0 Å². The molecule has 36 heavy (non-hydrogen) atoms. The number of rotatable bonds is 24. The fraction of sp³-hybridized carbons (Fsp3) is 0.833. The van der Waals surface area contributed by atoms with Crippen LogP contribution in [0.3, 0.4) is 0 Å². The first kappa shape index (κ1) is 33.2. The third kappa shape index (κ3) is 15.4. The highest BCUT2D eigenvalue weighted by molar-refractivity contribution is 7.32. The highest BCUT2D eigenvalue weighted by Crippen LogP contribution is 2.32. The predicted molar refractivity (Wildman–Crippen MR) is 155 cm³/mol. The molecular formula is C30H57NO4P+. The first-order valence-electron chi connectivity index (χ1n) is 14.7. The van der Waals surface area contributed by atoms with Crippen molar-refractivity contribution in [3.05, 3.63) is 17.4 Å². The Morgan fingerprint density at radius 2 is 1.39 bits per heavy atom. The largest absolute Gasteiger partial charge is 0.483 e. The number of hydrogen-bond acceptors (Lipinski definition) is 4. The number of aliphatic hydroxyl groups is 2. The summed E-state index contributed by atoms with van der Waals surface area (Å²) in [7, 11) is 6.58. The SMILES string of the molecule is CCCCCCCCCCCCCCCCCC(=O)C(COc1[pH]ccc1CC(O)CO)[N+](C)(C)C. The summed E-state index contributed by atoms with van der Waals surface area (Å²) in [6, 6.07) is 1.77. The molecule has 0 aliphatic carbocycles. The van der Waals surface area contributed by atoms with Crippen molar-refractivity contribution < 1.29 is 24.2 Å². The number of likely N-dealkylation sites (N-methyl/N-ethyl adjacent to an activating group) is 1. The monoisotopic (exact) mass is 526 g/mol. The molecule has 0 aliphatic rings. The average molecular weight is 527 g/mol. The molecule has 0 amide bonds. The van der Waals surface area contributed by atoms with E-state index in [0.29, 0.717) is 32.1 Å². The number of aliphatic hydroxyl groups excluding tert-OH is 2. The van der Waals surface area contributed by atoms with Crippen molar-refractivity contribution in [3.63, 3.8) is 0 Å². The van der Waals surface area contributed by atoms with Gasteiger partial charge in [0.05, 0.1) is 33.9 Å². The summed E-state index contributed by atoms with van der Waals surface area (Å²) in [4.78, 5) is 13.0. The van der Waals surface area contributed by atoms with Crippen LogP contribution in [0.1, 0.15) is 115 Å². The van der Waals surface area contributed by atoms with Gasteiger partial charge in [-0.3, -0.25) is 4.79 Å². The number of nitrogens with zero attached hydrogens (tertiary/aromatic N) is 1. The first-order chi connectivity index (χ1) is 17.3. The molecule has 3 unspecified atom stereocenters. The molecule has 0 aliphatic heterocycles. The minimum absolute atomic E-state index is 0.196. The van der Waals surface area contributed by atoms with Crippen molar-refractivity contribution in [2.24, 2.45) is 0 Å². The van der Waals surface area contributed by atoms with Crippen molar-refractivity contribution in [2.45, 2.75) is 128 Å². The van der Waals surface area contributed by atoms with Crippen molar-refractivity contribution in [3.8, 4) is 5.48 Å². The molecule has 0 saturated heterocycles. The number of ketones is 1. The van der Waals surface area contributed by atoms with Crippen LogP contribution < -0.4 is 4.74 Å². The van der Waals surface area contributed by atoms with Gasteiger partial charge in [0.1, 0.15) is 12.1 Å². The van der Waals surface area contributed by atoms with Gasteiger partial charge in [-0.25, -0.2) is 0 Å². The van der Waals surface area contributed by atoms with Crippen LogP contribution in [0.5, 0.6) is 5.48 Å². The molecule has 0 radical (unpaired) electrons. The molecule has 2 N–H and O–H groups in total. The summed E-state index contributed by atoms with van der Waals surface area (Å²) in [5.41, 5.74) is 1.78. The van der Waals surface area contributed by atoms with Gasteiger partial charge in [0.2, 0.25) is 0 Å². The van der Waals surface area contributed by atoms with Crippen LogP contribution in [0.25, 0.3) is 0 Å². The minimum atomic E-state index is -0.771. The smallest absolute Gasteiger partial charge is 0.193 e. The van der Waals surface area contributed by atoms with E-state index in [0.717, 1.165) is 23.9 Å². The van der Waals surface area contributed by atoms with E-state index in [9.17, 15) is 9.90 Å². The maximum Gasteiger partial charge on any atom is 0.193 e. The van der Waals surface area contributed by atoms with Crippen LogP contribution in [-0.4, -0.2) is 67.0 Å². The molecule has 1 aromatic heterocycles. The minimum Gasteiger partial charge on any atom is -0.483 e. The summed E-state index contributed by atoms with van der Waals surface area (Å²) >= 11 is 0. The molecule has 1 rings (SSSR count). The Balaban J connectivity index is 2.18. The van der Waals surface area contributed by atoms with E-state index in [1.807, 2.05) is 11.9 Å². The van der Waals surface area contributed by atoms with Gasteiger partial charge in [-0.05, 0) is 12.2 Å². The van der Waals surface area contributed by atoms with Gasteiger partial charge in [0.25, 0.3) is 0 Å². The number of hydrogen-bond donors (Lipinski definition) is 2. The Kier molecular flexibility index (Phi) is 18.5. The van der Waals surface area contributed by atoms with Crippen LogP contribution in [0.2, 0.25) is 0 Å². The lowest BCUT2D eigenvalue weighted by atomic mass is 10.0. The Bertz CT molecular complexity index is 670. The Morgan fingerprint density at radius 3 is 1.86 bits per heavy atom. The first-order valence-corrected chi connectivity index (χ1v) is 15.8. The topological polar surface area (TPSA) is 66.8 Å². The molecule has 0 saturated carbocycles. The lowest BCUT2D eigenvalue weighted by Gasteiger charge is -2.33. The molecule has 210 valence electrons. The summed E-state index contributed by atoms with van der Waals surface area (Å²) < 4.78 is 6.65. The maximum atomic E-state index is 13.0. The van der Waals surface area contributed by atoms with Gasteiger partial charge in [0.15, 0.2) is 11.8 Å². The molecule has 6 heteroatoms. The number of unbranched alkanes of at least 4 members (excludes halogenated alkanes) is 14. The second-order valence-electron chi connectivity index (χ2n) is 11.5. The molecule has 0 bridgehead atoms. The number of ether oxygens (including phenoxy) is 1. The van der Waals surface area contributed by atoms with Crippen LogP contribution in [0.15, 0.2) is 11.9 Å². The normalized spacial score (nSPS) is 13.8. The Hall–Kier alpha value is -0.870. The third-order valence-corrected chi connectivity index (χ3v) is 8.24. The molecule has 0 aromatic carbocycles. The number of quaternary nitrogens is 1. The van der Waals surface area contributed by atoms with Crippen LogP contribution in [-0.2, 0) is 11.2 Å². The quantitative estimate of drug-likeness (QED) is 0.114. The van der Waals surface area contributed by atoms with Gasteiger partial charge in [-0.2, -0.15) is 0 Å². The van der Waals surface area contributed by atoms with Crippen LogP contribution in [0, 0.1) is 0 Å². The van der Waals surface area contributed by atoms with Crippen molar-refractivity contribution >= 4 is 14.0 Å². The van der Waals surface area contributed by atoms with Gasteiger partial charge in [-0.15, -0.1) is 0 Å². The lowest BCUT2D eigenvalue weighted by Crippen LogP contribution is -2.53. The van der Waals surface area contributed by atoms with E-state index in [2.05, 4.69) is 28.1 Å². The second-order valence-corrected chi connectivity index (χ2v) is 12.6. The number of carbonyl (C=O) groups excluding carboxylic acids is 1. The van der Waals surface area contributed by atoms with E-state index in [-0.39, 0.29) is 18.4 Å². The molecule has 0 spiro atoms. The predicted octanol–water partition coefficient (Wildman–Crippen LogP) is 6.90. The number of carbonyl (C=O) groups is 1. The fourth-order valence-corrected chi connectivity index (χ4v) is 5.72. The molecule has 0 fully saturated rings. The van der Waals surface area contributed by atoms with Gasteiger partial charge < -0.3 is 19.4 Å². The maximum absolute atomic E-state index is 13.0. The highest BCUT2D eigenvalue weighted by Gasteiger charge is 2.32. The van der Waals surface area contributed by atoms with Gasteiger partial charge in [0, 0.05) is 18.4 Å². The molecule has 1 heterocycles. The fourth-order valence-electron chi connectivity index (χ4n) is 4.75. The van der Waals surface area contributed by atoms with E-state index in [1.54, 1.807) is 0 Å². The lowest BCUT2D eigenvalue weighted by molar-refractivity contribution is -0.886. The summed E-state index contributed by atoms with van der Waals surface area (Å²) in [5, 5.41) is 18.9. The van der Waals surface area contributed by atoms with Crippen molar-refractivity contribution in [1.82, 2.24) is 0 Å². The second kappa shape index (κ2) is 20.1. The average Bonchev–Trinajstić information content (AvgIpc) is 3.27. The summed E-state index contributed by atoms with van der Waals surface area (Å²) in [5.74, 6) is 2.32. The summed E-state index contributed by atoms with van der Waals surface area (Å²) in [6.07, 6.45) is 20.1. The highest BCUT2D eigenvalue weighted by atomic mass is 31.0. The van der Waals surface area contributed by atoms with Gasteiger partial charge >= 0.3 is 0 Å². The molecular weight excluding hydrogens is 469 g/mol. The van der Waals surface area contributed by atoms with Crippen molar-refractivity contribution in [1.29, 1.82) is 0 Å². The standard InChI is InChI=1S/C30H57NO4P/c1-5-6-7-8-9-10-11-12-13-14-15-16-17-18-19-20-29(34)28(31(2,3)4)25-35-30-26(21-22-36-30)23-27(33)24-32/h21-22,27-28,32-33,36H,5-20,23-25H2,1-4H3/q+1. The Labute approximate surface area is 223 Å². The zero-order valence-corrected chi connectivity index (χ0v) is 24.9. The van der Waals surface area contributed by atoms with E-state index in [1.165, 1.54) is 83.5 Å². The summed E-state index contributed by atoms with van der Waals surface area (Å²) in [6.45, 7) is 2.38. The molecule has 3 atom stereocenters. The Morgan fingerprint density at radius 1 is 0.889 bits per heavy atom. The van der Waals surface area contributed by atoms with Crippen molar-refractivity contribution in [2.75, 3.05) is 34.4 Å². The zero-order valence-electron chi connectivity index (χ0n) is 23.9. The van der Waals surface area contributed by atoms with Crippen LogP contribution in [0.4, 0.5) is 0 Å². The molecule has 5 nitrogen and oxygen atoms in total. The molecule has 1 aromatic rings.